The SMILES string of the molecule is O=C(CCN1CCOCC1)N1CCC2(CC1)OCCO2. The quantitative estimate of drug-likeness (QED) is 0.734. The number of ether oxygens (including phenoxy) is 3. The molecule has 0 atom stereocenters. The van der Waals surface area contributed by atoms with Gasteiger partial charge < -0.3 is 19.1 Å². The Labute approximate surface area is 119 Å². The van der Waals surface area contributed by atoms with Crippen LogP contribution in [0.2, 0.25) is 0 Å². The highest BCUT2D eigenvalue weighted by Crippen LogP contribution is 2.31. The second kappa shape index (κ2) is 6.39. The number of piperidine rings is 1. The second-order valence-corrected chi connectivity index (χ2v) is 5.69. The summed E-state index contributed by atoms with van der Waals surface area (Å²) in [6, 6.07) is 0. The van der Waals surface area contributed by atoms with E-state index in [1.54, 1.807) is 0 Å². The summed E-state index contributed by atoms with van der Waals surface area (Å²) in [5.41, 5.74) is 0. The molecule has 0 N–H and O–H groups in total. The van der Waals surface area contributed by atoms with Gasteiger partial charge in [-0.15, -0.1) is 0 Å². The number of amides is 1. The van der Waals surface area contributed by atoms with Gasteiger partial charge in [-0.05, 0) is 0 Å². The molecule has 3 fully saturated rings. The van der Waals surface area contributed by atoms with Crippen LogP contribution >= 0.6 is 0 Å². The molecular weight excluding hydrogens is 260 g/mol. The molecule has 20 heavy (non-hydrogen) atoms. The van der Waals surface area contributed by atoms with Gasteiger partial charge in [0.1, 0.15) is 0 Å². The molecule has 0 aromatic heterocycles. The van der Waals surface area contributed by atoms with E-state index in [9.17, 15) is 4.79 Å². The summed E-state index contributed by atoms with van der Waals surface area (Å²) in [6.07, 6.45) is 2.21. The predicted molar refractivity (Wildman–Crippen MR) is 72.3 cm³/mol. The van der Waals surface area contributed by atoms with E-state index in [1.165, 1.54) is 0 Å². The van der Waals surface area contributed by atoms with Crippen molar-refractivity contribution in [3.8, 4) is 0 Å². The zero-order chi connectivity index (χ0) is 13.8. The van der Waals surface area contributed by atoms with E-state index in [4.69, 9.17) is 14.2 Å². The number of carbonyl (C=O) groups excluding carboxylic acids is 1. The van der Waals surface area contributed by atoms with Crippen LogP contribution in [0.15, 0.2) is 0 Å². The number of likely N-dealkylation sites (tertiary alicyclic amines) is 1. The van der Waals surface area contributed by atoms with Crippen molar-refractivity contribution in [2.45, 2.75) is 25.0 Å². The maximum Gasteiger partial charge on any atom is 0.223 e. The lowest BCUT2D eigenvalue weighted by atomic mass is 10.0. The maximum absolute atomic E-state index is 12.2. The fraction of sp³-hybridized carbons (Fsp3) is 0.929. The van der Waals surface area contributed by atoms with Crippen LogP contribution in [0.4, 0.5) is 0 Å². The molecular formula is C14H24N2O4. The fourth-order valence-corrected chi connectivity index (χ4v) is 3.12. The first-order valence-corrected chi connectivity index (χ1v) is 7.63. The largest absolute Gasteiger partial charge is 0.379 e. The molecule has 0 aliphatic carbocycles. The number of hydrogen-bond acceptors (Lipinski definition) is 5. The molecule has 3 saturated heterocycles. The minimum atomic E-state index is -0.388. The van der Waals surface area contributed by atoms with Gasteiger partial charge in [-0.25, -0.2) is 0 Å². The highest BCUT2D eigenvalue weighted by atomic mass is 16.7. The van der Waals surface area contributed by atoms with Crippen molar-refractivity contribution in [2.24, 2.45) is 0 Å². The average molecular weight is 284 g/mol. The first-order chi connectivity index (χ1) is 9.77. The molecule has 3 rings (SSSR count). The Balaban J connectivity index is 1.39. The molecule has 3 aliphatic rings. The smallest absolute Gasteiger partial charge is 0.223 e. The average Bonchev–Trinajstić information content (AvgIpc) is 2.95. The van der Waals surface area contributed by atoms with Gasteiger partial charge in [0, 0.05) is 52.0 Å². The third kappa shape index (κ3) is 3.31. The van der Waals surface area contributed by atoms with Gasteiger partial charge in [-0.3, -0.25) is 9.69 Å². The summed E-state index contributed by atoms with van der Waals surface area (Å²) in [7, 11) is 0. The van der Waals surface area contributed by atoms with Crippen LogP contribution in [0.5, 0.6) is 0 Å². The first-order valence-electron chi connectivity index (χ1n) is 7.63. The Morgan fingerprint density at radius 1 is 0.950 bits per heavy atom. The van der Waals surface area contributed by atoms with Crippen molar-refractivity contribution in [1.82, 2.24) is 9.80 Å². The molecule has 0 aromatic rings. The molecule has 0 unspecified atom stereocenters. The lowest BCUT2D eigenvalue weighted by molar-refractivity contribution is -0.187. The lowest BCUT2D eigenvalue weighted by Gasteiger charge is -2.38. The van der Waals surface area contributed by atoms with Crippen LogP contribution in [-0.2, 0) is 19.0 Å². The Kier molecular flexibility index (Phi) is 4.55. The lowest BCUT2D eigenvalue weighted by Crippen LogP contribution is -2.48. The molecule has 6 heteroatoms. The predicted octanol–water partition coefficient (Wildman–Crippen LogP) is 0.0742. The highest BCUT2D eigenvalue weighted by Gasteiger charge is 2.40. The summed E-state index contributed by atoms with van der Waals surface area (Å²) in [6.45, 7) is 7.18. The van der Waals surface area contributed by atoms with Crippen molar-refractivity contribution in [3.63, 3.8) is 0 Å². The second-order valence-electron chi connectivity index (χ2n) is 5.69. The van der Waals surface area contributed by atoms with E-state index in [0.29, 0.717) is 19.6 Å². The van der Waals surface area contributed by atoms with Crippen molar-refractivity contribution >= 4 is 5.91 Å². The van der Waals surface area contributed by atoms with Gasteiger partial charge in [0.25, 0.3) is 0 Å². The van der Waals surface area contributed by atoms with Crippen molar-refractivity contribution in [1.29, 1.82) is 0 Å². The van der Waals surface area contributed by atoms with Gasteiger partial charge >= 0.3 is 0 Å². The van der Waals surface area contributed by atoms with Crippen LogP contribution in [0.25, 0.3) is 0 Å². The Morgan fingerprint density at radius 3 is 2.25 bits per heavy atom. The van der Waals surface area contributed by atoms with Crippen LogP contribution in [0.3, 0.4) is 0 Å². The maximum atomic E-state index is 12.2. The fourth-order valence-electron chi connectivity index (χ4n) is 3.12. The summed E-state index contributed by atoms with van der Waals surface area (Å²) in [5.74, 6) is -0.134. The minimum absolute atomic E-state index is 0.254. The van der Waals surface area contributed by atoms with E-state index in [1.807, 2.05) is 4.90 Å². The zero-order valence-electron chi connectivity index (χ0n) is 12.0. The van der Waals surface area contributed by atoms with Crippen LogP contribution in [-0.4, -0.2) is 80.6 Å². The van der Waals surface area contributed by atoms with E-state index in [-0.39, 0.29) is 11.7 Å². The van der Waals surface area contributed by atoms with Crippen molar-refractivity contribution in [3.05, 3.63) is 0 Å². The van der Waals surface area contributed by atoms with Gasteiger partial charge in [-0.1, -0.05) is 0 Å². The molecule has 0 saturated carbocycles. The summed E-state index contributed by atoms with van der Waals surface area (Å²) >= 11 is 0. The number of carbonyl (C=O) groups is 1. The van der Waals surface area contributed by atoms with Gasteiger partial charge in [-0.2, -0.15) is 0 Å². The first kappa shape index (κ1) is 14.3. The van der Waals surface area contributed by atoms with E-state index in [2.05, 4.69) is 4.90 Å². The highest BCUT2D eigenvalue weighted by molar-refractivity contribution is 5.76. The molecule has 3 aliphatic heterocycles. The summed E-state index contributed by atoms with van der Waals surface area (Å²) in [4.78, 5) is 16.5. The van der Waals surface area contributed by atoms with E-state index < -0.39 is 0 Å². The van der Waals surface area contributed by atoms with Crippen LogP contribution < -0.4 is 0 Å². The third-order valence-corrected chi connectivity index (χ3v) is 4.44. The monoisotopic (exact) mass is 284 g/mol. The Hall–Kier alpha value is -0.690. The standard InChI is InChI=1S/C14H24N2O4/c17-13(1-4-15-7-9-18-10-8-15)16-5-2-14(3-6-16)19-11-12-20-14/h1-12H2. The summed E-state index contributed by atoms with van der Waals surface area (Å²) < 4.78 is 16.7. The van der Waals surface area contributed by atoms with Gasteiger partial charge in [0.2, 0.25) is 5.91 Å². The van der Waals surface area contributed by atoms with Crippen molar-refractivity contribution < 1.29 is 19.0 Å². The topological polar surface area (TPSA) is 51.2 Å². The number of morpholine rings is 1. The molecule has 6 nitrogen and oxygen atoms in total. The number of rotatable bonds is 3. The molecule has 3 heterocycles. The van der Waals surface area contributed by atoms with Crippen LogP contribution in [0, 0.1) is 0 Å². The normalized spacial score (nSPS) is 27.1. The summed E-state index contributed by atoms with van der Waals surface area (Å²) in [5, 5.41) is 0. The Morgan fingerprint density at radius 2 is 1.60 bits per heavy atom. The van der Waals surface area contributed by atoms with Gasteiger partial charge in [0.15, 0.2) is 5.79 Å². The molecule has 0 bridgehead atoms. The molecule has 0 radical (unpaired) electrons. The van der Waals surface area contributed by atoms with E-state index in [0.717, 1.165) is 58.8 Å². The minimum Gasteiger partial charge on any atom is -0.379 e. The third-order valence-electron chi connectivity index (χ3n) is 4.44. The molecule has 0 aromatic carbocycles. The molecule has 1 spiro atoms. The zero-order valence-corrected chi connectivity index (χ0v) is 12.0. The number of hydrogen-bond donors (Lipinski definition) is 0. The molecule has 1 amide bonds. The van der Waals surface area contributed by atoms with Gasteiger partial charge in [0.05, 0.1) is 26.4 Å². The van der Waals surface area contributed by atoms with Crippen LogP contribution in [0.1, 0.15) is 19.3 Å². The molecule has 114 valence electrons. The van der Waals surface area contributed by atoms with E-state index >= 15 is 0 Å². The number of nitrogens with zero attached hydrogens (tertiary/aromatic N) is 2. The van der Waals surface area contributed by atoms with Crippen molar-refractivity contribution in [2.75, 3.05) is 59.2 Å². The Bertz CT molecular complexity index is 328.